The SMILES string of the molecule is COCC(CNc1ncnc(Cl)c1OC)OC. The highest BCUT2D eigenvalue weighted by Crippen LogP contribution is 2.28. The number of hydrogen-bond acceptors (Lipinski definition) is 6. The van der Waals surface area contributed by atoms with Crippen LogP contribution < -0.4 is 10.1 Å². The van der Waals surface area contributed by atoms with Gasteiger partial charge in [-0.25, -0.2) is 9.97 Å². The first-order valence-corrected chi connectivity index (χ1v) is 5.40. The first-order chi connectivity index (χ1) is 8.22. The summed E-state index contributed by atoms with van der Waals surface area (Å²) in [7, 11) is 4.75. The molecule has 1 N–H and O–H groups in total. The van der Waals surface area contributed by atoms with Gasteiger partial charge < -0.3 is 19.5 Å². The quantitative estimate of drug-likeness (QED) is 0.745. The molecule has 1 atom stereocenters. The van der Waals surface area contributed by atoms with Gasteiger partial charge in [0.25, 0.3) is 0 Å². The van der Waals surface area contributed by atoms with Crippen LogP contribution >= 0.6 is 11.6 Å². The highest BCUT2D eigenvalue weighted by molar-refractivity contribution is 6.31. The maximum Gasteiger partial charge on any atom is 0.198 e. The van der Waals surface area contributed by atoms with E-state index in [1.165, 1.54) is 13.4 Å². The van der Waals surface area contributed by atoms with Crippen molar-refractivity contribution < 1.29 is 14.2 Å². The fourth-order valence-electron chi connectivity index (χ4n) is 1.27. The molecular weight excluding hydrogens is 246 g/mol. The highest BCUT2D eigenvalue weighted by Gasteiger charge is 2.12. The van der Waals surface area contributed by atoms with Crippen LogP contribution in [0.4, 0.5) is 5.82 Å². The van der Waals surface area contributed by atoms with Crippen molar-refractivity contribution in [2.45, 2.75) is 6.10 Å². The molecule has 1 aromatic rings. The number of nitrogens with one attached hydrogen (secondary N) is 1. The molecule has 1 heterocycles. The second-order valence-corrected chi connectivity index (χ2v) is 3.60. The Bertz CT molecular complexity index is 352. The molecule has 1 rings (SSSR count). The maximum absolute atomic E-state index is 5.87. The summed E-state index contributed by atoms with van der Waals surface area (Å²) in [6.45, 7) is 1.03. The maximum atomic E-state index is 5.87. The summed E-state index contributed by atoms with van der Waals surface area (Å²) < 4.78 is 15.3. The average molecular weight is 262 g/mol. The normalized spacial score (nSPS) is 12.2. The summed E-state index contributed by atoms with van der Waals surface area (Å²) in [5.41, 5.74) is 0. The van der Waals surface area contributed by atoms with Crippen LogP contribution in [0.3, 0.4) is 0 Å². The van der Waals surface area contributed by atoms with E-state index in [2.05, 4.69) is 15.3 Å². The molecule has 1 unspecified atom stereocenters. The summed E-state index contributed by atoms with van der Waals surface area (Å²) >= 11 is 5.87. The second kappa shape index (κ2) is 7.26. The van der Waals surface area contributed by atoms with Crippen LogP contribution in [0.1, 0.15) is 0 Å². The summed E-state index contributed by atoms with van der Waals surface area (Å²) in [6, 6.07) is 0. The van der Waals surface area contributed by atoms with E-state index < -0.39 is 0 Å². The van der Waals surface area contributed by atoms with Crippen molar-refractivity contribution in [3.05, 3.63) is 11.5 Å². The van der Waals surface area contributed by atoms with Crippen molar-refractivity contribution in [2.24, 2.45) is 0 Å². The molecule has 0 amide bonds. The van der Waals surface area contributed by atoms with Crippen molar-refractivity contribution in [1.82, 2.24) is 9.97 Å². The van der Waals surface area contributed by atoms with Crippen molar-refractivity contribution in [3.63, 3.8) is 0 Å². The van der Waals surface area contributed by atoms with E-state index in [-0.39, 0.29) is 11.3 Å². The molecule has 17 heavy (non-hydrogen) atoms. The lowest BCUT2D eigenvalue weighted by Gasteiger charge is -2.16. The van der Waals surface area contributed by atoms with E-state index in [4.69, 9.17) is 25.8 Å². The summed E-state index contributed by atoms with van der Waals surface area (Å²) in [6.07, 6.45) is 1.30. The van der Waals surface area contributed by atoms with Crippen LogP contribution in [0.5, 0.6) is 5.75 Å². The van der Waals surface area contributed by atoms with Crippen LogP contribution in [0, 0.1) is 0 Å². The number of anilines is 1. The van der Waals surface area contributed by atoms with Gasteiger partial charge in [-0.2, -0.15) is 0 Å². The summed E-state index contributed by atoms with van der Waals surface area (Å²) in [5.74, 6) is 0.951. The van der Waals surface area contributed by atoms with Crippen LogP contribution in [0.15, 0.2) is 6.33 Å². The van der Waals surface area contributed by atoms with E-state index in [0.717, 1.165) is 0 Å². The Kier molecular flexibility index (Phi) is 5.96. The Morgan fingerprint density at radius 2 is 2.12 bits per heavy atom. The van der Waals surface area contributed by atoms with E-state index in [1.807, 2.05) is 0 Å². The molecule has 96 valence electrons. The van der Waals surface area contributed by atoms with E-state index in [1.54, 1.807) is 14.2 Å². The molecule has 1 aromatic heterocycles. The molecule has 0 fully saturated rings. The second-order valence-electron chi connectivity index (χ2n) is 3.24. The standard InChI is InChI=1S/C10H16ClN3O3/c1-15-5-7(16-2)4-12-10-8(17-3)9(11)13-6-14-10/h6-7H,4-5H2,1-3H3,(H,12,13,14). The first kappa shape index (κ1) is 14.0. The van der Waals surface area contributed by atoms with E-state index >= 15 is 0 Å². The van der Waals surface area contributed by atoms with Crippen LogP contribution in [-0.2, 0) is 9.47 Å². The van der Waals surface area contributed by atoms with Gasteiger partial charge in [-0.1, -0.05) is 11.6 Å². The molecule has 0 radical (unpaired) electrons. The Morgan fingerprint density at radius 3 is 2.71 bits per heavy atom. The minimum Gasteiger partial charge on any atom is -0.490 e. The molecular formula is C10H16ClN3O3. The first-order valence-electron chi connectivity index (χ1n) is 5.03. The minimum absolute atomic E-state index is 0.0709. The highest BCUT2D eigenvalue weighted by atomic mass is 35.5. The third kappa shape index (κ3) is 3.99. The number of aromatic nitrogens is 2. The number of nitrogens with zero attached hydrogens (tertiary/aromatic N) is 2. The average Bonchev–Trinajstić information content (AvgIpc) is 2.34. The molecule has 7 heteroatoms. The molecule has 0 spiro atoms. The molecule has 6 nitrogen and oxygen atoms in total. The van der Waals surface area contributed by atoms with Crippen molar-refractivity contribution in [1.29, 1.82) is 0 Å². The third-order valence-electron chi connectivity index (χ3n) is 2.15. The van der Waals surface area contributed by atoms with E-state index in [0.29, 0.717) is 24.7 Å². The van der Waals surface area contributed by atoms with E-state index in [9.17, 15) is 0 Å². The monoisotopic (exact) mass is 261 g/mol. The molecule has 0 saturated carbocycles. The zero-order valence-electron chi connectivity index (χ0n) is 10.1. The number of rotatable bonds is 7. The number of halogens is 1. The largest absolute Gasteiger partial charge is 0.490 e. The van der Waals surface area contributed by atoms with Gasteiger partial charge in [-0.05, 0) is 0 Å². The molecule has 0 bridgehead atoms. The topological polar surface area (TPSA) is 65.5 Å². The number of ether oxygens (including phenoxy) is 3. The number of methoxy groups -OCH3 is 3. The Morgan fingerprint density at radius 1 is 1.35 bits per heavy atom. The fraction of sp³-hybridized carbons (Fsp3) is 0.600. The molecule has 0 aliphatic carbocycles. The Labute approximate surface area is 105 Å². The van der Waals surface area contributed by atoms with Gasteiger partial charge in [0.05, 0.1) is 19.8 Å². The summed E-state index contributed by atoms with van der Waals surface area (Å²) in [4.78, 5) is 7.88. The smallest absolute Gasteiger partial charge is 0.198 e. The Balaban J connectivity index is 2.65. The van der Waals surface area contributed by atoms with Gasteiger partial charge in [0, 0.05) is 20.8 Å². The fourth-order valence-corrected chi connectivity index (χ4v) is 1.48. The van der Waals surface area contributed by atoms with Gasteiger partial charge in [-0.3, -0.25) is 0 Å². The lowest BCUT2D eigenvalue weighted by molar-refractivity contribution is 0.0365. The van der Waals surface area contributed by atoms with Gasteiger partial charge >= 0.3 is 0 Å². The van der Waals surface area contributed by atoms with Crippen LogP contribution in [0.2, 0.25) is 5.15 Å². The zero-order chi connectivity index (χ0) is 12.7. The van der Waals surface area contributed by atoms with Crippen LogP contribution in [0.25, 0.3) is 0 Å². The number of hydrogen-bond donors (Lipinski definition) is 1. The van der Waals surface area contributed by atoms with Crippen molar-refractivity contribution in [2.75, 3.05) is 39.8 Å². The zero-order valence-corrected chi connectivity index (χ0v) is 10.8. The predicted octanol–water partition coefficient (Wildman–Crippen LogP) is 1.21. The molecule has 0 aliphatic heterocycles. The molecule has 0 aliphatic rings. The third-order valence-corrected chi connectivity index (χ3v) is 2.42. The van der Waals surface area contributed by atoms with Gasteiger partial charge in [0.1, 0.15) is 6.33 Å². The Hall–Kier alpha value is -1.11. The molecule has 0 saturated heterocycles. The lowest BCUT2D eigenvalue weighted by atomic mass is 10.3. The summed E-state index contributed by atoms with van der Waals surface area (Å²) in [5, 5.41) is 3.34. The molecule has 0 aromatic carbocycles. The lowest BCUT2D eigenvalue weighted by Crippen LogP contribution is -2.27. The van der Waals surface area contributed by atoms with Gasteiger partial charge in [-0.15, -0.1) is 0 Å². The van der Waals surface area contributed by atoms with Crippen molar-refractivity contribution >= 4 is 17.4 Å². The van der Waals surface area contributed by atoms with Gasteiger partial charge in [0.2, 0.25) is 0 Å². The van der Waals surface area contributed by atoms with Gasteiger partial charge in [0.15, 0.2) is 16.7 Å². The minimum atomic E-state index is -0.0709. The van der Waals surface area contributed by atoms with Crippen LogP contribution in [-0.4, -0.2) is 50.6 Å². The predicted molar refractivity (Wildman–Crippen MR) is 64.8 cm³/mol. The van der Waals surface area contributed by atoms with Crippen molar-refractivity contribution in [3.8, 4) is 5.75 Å².